The van der Waals surface area contributed by atoms with Crippen molar-refractivity contribution in [3.8, 4) is 0 Å². The molecule has 5 aliphatic carbocycles. The highest BCUT2D eigenvalue weighted by Crippen LogP contribution is 2.74. The zero-order valence-corrected chi connectivity index (χ0v) is 25.5. The molecule has 3 saturated heterocycles. The second kappa shape index (κ2) is 11.2. The maximum absolute atomic E-state index is 4.03. The Balaban J connectivity index is 1.26. The quantitative estimate of drug-likeness (QED) is 0.357. The van der Waals surface area contributed by atoms with Gasteiger partial charge in [0.05, 0.1) is 0 Å². The van der Waals surface area contributed by atoms with E-state index in [1.807, 2.05) is 0 Å². The van der Waals surface area contributed by atoms with E-state index >= 15 is 0 Å². The van der Waals surface area contributed by atoms with Crippen LogP contribution in [0, 0.1) is 29.1 Å². The van der Waals surface area contributed by atoms with Crippen LogP contribution in [0.4, 0.5) is 0 Å². The van der Waals surface area contributed by atoms with Crippen LogP contribution in [0.3, 0.4) is 0 Å². The standard InChI is InChI=1S/C36H61BN2/c1-3-13-26(14-4-1)37-32-20-10-7-17-28(32)36(29-18-8-11-21-33(29)37)30-19-9-12-22-34(30)39(27-15-5-2-6-16-27)35-25-38-24-23-31(35)36/h26-35,38H,1-25H2. The third kappa shape index (κ3) is 4.22. The lowest BCUT2D eigenvalue weighted by atomic mass is 9.15. The summed E-state index contributed by atoms with van der Waals surface area (Å²) in [7, 11) is 0. The zero-order valence-electron chi connectivity index (χ0n) is 25.5. The molecular formula is C36H61BN2. The Labute approximate surface area is 242 Å². The van der Waals surface area contributed by atoms with Gasteiger partial charge in [0.1, 0.15) is 6.71 Å². The molecule has 0 aromatic rings. The van der Waals surface area contributed by atoms with E-state index in [0.717, 1.165) is 66.0 Å². The second-order valence-corrected chi connectivity index (χ2v) is 16.4. The van der Waals surface area contributed by atoms with Crippen LogP contribution in [0.15, 0.2) is 0 Å². The minimum atomic E-state index is 0.699. The molecule has 0 amide bonds. The SMILES string of the molecule is C1CCC(B2C3CCCCC3C3(C4CCCCC24)C2CCCCC2N(C2CCCCC2)C2CNCCC23)CC1. The summed E-state index contributed by atoms with van der Waals surface area (Å²) in [5.41, 5.74) is 0.699. The van der Waals surface area contributed by atoms with Gasteiger partial charge in [-0.25, -0.2) is 0 Å². The Morgan fingerprint density at radius 1 is 0.487 bits per heavy atom. The molecule has 8 rings (SSSR count). The number of rotatable bonds is 2. The average Bonchev–Trinajstić information content (AvgIpc) is 3.02. The van der Waals surface area contributed by atoms with Crippen LogP contribution in [-0.2, 0) is 0 Å². The van der Waals surface area contributed by atoms with E-state index in [4.69, 9.17) is 0 Å². The first-order valence-electron chi connectivity index (χ1n) is 18.9. The van der Waals surface area contributed by atoms with Gasteiger partial charge in [-0.2, -0.15) is 0 Å². The molecule has 8 atom stereocenters. The molecule has 218 valence electrons. The van der Waals surface area contributed by atoms with Crippen LogP contribution in [0.2, 0.25) is 17.5 Å². The Morgan fingerprint density at radius 2 is 1.03 bits per heavy atom. The smallest absolute Gasteiger partial charge is 0.150 e. The molecule has 1 spiro atoms. The first-order valence-corrected chi connectivity index (χ1v) is 18.9. The highest BCUT2D eigenvalue weighted by atomic mass is 15.3. The fourth-order valence-corrected chi connectivity index (χ4v) is 14.6. The fraction of sp³-hybridized carbons (Fsp3) is 1.00. The van der Waals surface area contributed by atoms with E-state index < -0.39 is 0 Å². The van der Waals surface area contributed by atoms with E-state index in [-0.39, 0.29) is 0 Å². The first-order chi connectivity index (χ1) is 19.4. The third-order valence-electron chi connectivity index (χ3n) is 15.3. The van der Waals surface area contributed by atoms with Crippen LogP contribution in [0.25, 0.3) is 0 Å². The van der Waals surface area contributed by atoms with Gasteiger partial charge in [-0.3, -0.25) is 4.90 Å². The molecule has 0 bridgehead atoms. The van der Waals surface area contributed by atoms with Crippen molar-refractivity contribution in [3.05, 3.63) is 0 Å². The molecule has 2 nitrogen and oxygen atoms in total. The molecule has 3 heteroatoms. The van der Waals surface area contributed by atoms with E-state index in [9.17, 15) is 0 Å². The highest BCUT2D eigenvalue weighted by Gasteiger charge is 2.70. The van der Waals surface area contributed by atoms with E-state index in [1.54, 1.807) is 96.3 Å². The van der Waals surface area contributed by atoms with Crippen molar-refractivity contribution in [2.75, 3.05) is 13.1 Å². The topological polar surface area (TPSA) is 15.3 Å². The van der Waals surface area contributed by atoms with Crippen molar-refractivity contribution in [3.63, 3.8) is 0 Å². The summed E-state index contributed by atoms with van der Waals surface area (Å²) in [6.45, 7) is 3.76. The zero-order chi connectivity index (χ0) is 25.8. The largest absolute Gasteiger partial charge is 0.315 e. The lowest BCUT2D eigenvalue weighted by molar-refractivity contribution is -0.212. The first kappa shape index (κ1) is 26.6. The minimum absolute atomic E-state index is 0.699. The summed E-state index contributed by atoms with van der Waals surface area (Å²) in [4.78, 5) is 3.33. The Hall–Kier alpha value is -0.0151. The fourth-order valence-electron chi connectivity index (χ4n) is 14.6. The van der Waals surface area contributed by atoms with E-state index in [0.29, 0.717) is 5.41 Å². The average molecular weight is 533 g/mol. The molecular weight excluding hydrogens is 471 g/mol. The Kier molecular flexibility index (Phi) is 7.67. The number of hydrogen-bond acceptors (Lipinski definition) is 2. The van der Waals surface area contributed by atoms with Gasteiger partial charge in [-0.15, -0.1) is 0 Å². The summed E-state index contributed by atoms with van der Waals surface area (Å²) >= 11 is 0. The summed E-state index contributed by atoms with van der Waals surface area (Å²) in [5, 5.41) is 4.03. The van der Waals surface area contributed by atoms with Crippen LogP contribution in [-0.4, -0.2) is 42.8 Å². The maximum Gasteiger partial charge on any atom is 0.150 e. The van der Waals surface area contributed by atoms with E-state index in [1.165, 1.54) is 64.5 Å². The van der Waals surface area contributed by atoms with Gasteiger partial charge in [-0.05, 0) is 67.7 Å². The predicted molar refractivity (Wildman–Crippen MR) is 166 cm³/mol. The summed E-state index contributed by atoms with van der Waals surface area (Å²) in [6.07, 6.45) is 35.9. The molecule has 3 heterocycles. The highest BCUT2D eigenvalue weighted by molar-refractivity contribution is 6.64. The van der Waals surface area contributed by atoms with Crippen molar-refractivity contribution in [2.45, 2.75) is 183 Å². The third-order valence-corrected chi connectivity index (χ3v) is 15.3. The van der Waals surface area contributed by atoms with Gasteiger partial charge in [0, 0.05) is 24.7 Å². The van der Waals surface area contributed by atoms with Crippen molar-refractivity contribution < 1.29 is 0 Å². The van der Waals surface area contributed by atoms with Crippen molar-refractivity contribution >= 4 is 6.71 Å². The summed E-state index contributed by atoms with van der Waals surface area (Å²) in [5.74, 6) is 7.51. The summed E-state index contributed by atoms with van der Waals surface area (Å²) in [6, 6.07) is 2.70. The number of fused-ring (bicyclic) bond motifs is 8. The molecule has 5 saturated carbocycles. The number of likely N-dealkylation sites (tertiary alicyclic amines) is 1. The minimum Gasteiger partial charge on any atom is -0.315 e. The Bertz CT molecular complexity index is 712. The van der Waals surface area contributed by atoms with Crippen LogP contribution < -0.4 is 5.32 Å². The summed E-state index contributed by atoms with van der Waals surface area (Å²) < 4.78 is 0. The van der Waals surface area contributed by atoms with Gasteiger partial charge in [0.2, 0.25) is 0 Å². The van der Waals surface area contributed by atoms with Crippen molar-refractivity contribution in [2.24, 2.45) is 29.1 Å². The molecule has 8 unspecified atom stereocenters. The molecule has 0 aromatic carbocycles. The van der Waals surface area contributed by atoms with E-state index in [2.05, 4.69) is 10.2 Å². The van der Waals surface area contributed by atoms with Gasteiger partial charge in [0.15, 0.2) is 0 Å². The molecule has 0 aromatic heterocycles. The van der Waals surface area contributed by atoms with Gasteiger partial charge in [-0.1, -0.05) is 133 Å². The molecule has 8 fully saturated rings. The molecule has 3 aliphatic heterocycles. The number of nitrogens with one attached hydrogen (secondary N) is 1. The number of nitrogens with zero attached hydrogens (tertiary/aromatic N) is 1. The molecule has 39 heavy (non-hydrogen) atoms. The molecule has 8 aliphatic rings. The molecule has 0 radical (unpaired) electrons. The lowest BCUT2D eigenvalue weighted by Gasteiger charge is -2.74. The van der Waals surface area contributed by atoms with Gasteiger partial charge < -0.3 is 5.32 Å². The number of piperidine rings is 2. The second-order valence-electron chi connectivity index (χ2n) is 16.4. The predicted octanol–water partition coefficient (Wildman–Crippen LogP) is 9.12. The molecule has 1 N–H and O–H groups in total. The van der Waals surface area contributed by atoms with Crippen molar-refractivity contribution in [1.29, 1.82) is 0 Å². The Morgan fingerprint density at radius 3 is 1.72 bits per heavy atom. The van der Waals surface area contributed by atoms with Crippen LogP contribution in [0.1, 0.15) is 148 Å². The van der Waals surface area contributed by atoms with Crippen LogP contribution >= 0.6 is 0 Å². The van der Waals surface area contributed by atoms with Gasteiger partial charge >= 0.3 is 0 Å². The normalized spacial score (nSPS) is 48.2. The van der Waals surface area contributed by atoms with Gasteiger partial charge in [0.25, 0.3) is 0 Å². The lowest BCUT2D eigenvalue weighted by Crippen LogP contribution is -2.75. The van der Waals surface area contributed by atoms with Crippen molar-refractivity contribution in [1.82, 2.24) is 10.2 Å². The number of hydrogen-bond donors (Lipinski definition) is 1. The van der Waals surface area contributed by atoms with Crippen LogP contribution in [0.5, 0.6) is 0 Å². The monoisotopic (exact) mass is 532 g/mol. The maximum atomic E-state index is 4.03.